The number of ether oxygens (including phenoxy) is 1. The van der Waals surface area contributed by atoms with E-state index in [1.807, 2.05) is 0 Å². The van der Waals surface area contributed by atoms with Crippen molar-refractivity contribution in [3.63, 3.8) is 0 Å². The molecule has 1 aliphatic heterocycles. The number of nitrogens with two attached hydrogens (primary N) is 1. The van der Waals surface area contributed by atoms with E-state index in [4.69, 9.17) is 10.5 Å². The molecule has 0 aliphatic carbocycles. The van der Waals surface area contributed by atoms with Crippen molar-refractivity contribution in [3.05, 3.63) is 29.6 Å². The first kappa shape index (κ1) is 11.9. The van der Waals surface area contributed by atoms with Crippen LogP contribution in [0.1, 0.15) is 23.2 Å². The highest BCUT2D eigenvalue weighted by atomic mass is 19.1. The highest BCUT2D eigenvalue weighted by Crippen LogP contribution is 2.12. The Morgan fingerprint density at radius 1 is 1.53 bits per heavy atom. The van der Waals surface area contributed by atoms with Gasteiger partial charge in [0, 0.05) is 24.4 Å². The molecule has 17 heavy (non-hydrogen) atoms. The molecule has 1 aromatic carbocycles. The fraction of sp³-hybridized carbons (Fsp3) is 0.417. The quantitative estimate of drug-likeness (QED) is 0.780. The summed E-state index contributed by atoms with van der Waals surface area (Å²) < 4.78 is 18.4. The van der Waals surface area contributed by atoms with E-state index in [1.165, 1.54) is 18.2 Å². The number of benzene rings is 1. The Balaban J connectivity index is 1.94. The van der Waals surface area contributed by atoms with E-state index in [0.29, 0.717) is 6.54 Å². The topological polar surface area (TPSA) is 64.4 Å². The average Bonchev–Trinajstić information content (AvgIpc) is 2.77. The van der Waals surface area contributed by atoms with Gasteiger partial charge in [0.2, 0.25) is 0 Å². The molecule has 0 spiro atoms. The molecule has 3 N–H and O–H groups in total. The number of nitrogens with one attached hydrogen (secondary N) is 1. The Morgan fingerprint density at radius 2 is 2.35 bits per heavy atom. The number of amides is 1. The standard InChI is InChI=1S/C12H15FN2O2/c13-9-4-8(5-10(14)6-9)12(16)15-7-11-2-1-3-17-11/h4-6,11H,1-3,7,14H2,(H,15,16). The van der Waals surface area contributed by atoms with Gasteiger partial charge in [0.15, 0.2) is 0 Å². The second-order valence-corrected chi connectivity index (χ2v) is 4.12. The Bertz CT molecular complexity index is 397. The highest BCUT2D eigenvalue weighted by Gasteiger charge is 2.16. The van der Waals surface area contributed by atoms with E-state index < -0.39 is 5.82 Å². The molecular formula is C12H15FN2O2. The summed E-state index contributed by atoms with van der Waals surface area (Å²) in [6, 6.07) is 3.80. The van der Waals surface area contributed by atoms with Crippen molar-refractivity contribution < 1.29 is 13.9 Å². The molecule has 1 amide bonds. The van der Waals surface area contributed by atoms with Crippen molar-refractivity contribution >= 4 is 11.6 Å². The molecule has 1 aromatic rings. The molecule has 4 nitrogen and oxygen atoms in total. The summed E-state index contributed by atoms with van der Waals surface area (Å²) in [4.78, 5) is 11.7. The molecule has 0 bridgehead atoms. The lowest BCUT2D eigenvalue weighted by Gasteiger charge is -2.11. The predicted molar refractivity (Wildman–Crippen MR) is 62.1 cm³/mol. The number of carbonyl (C=O) groups excluding carboxylic acids is 1. The van der Waals surface area contributed by atoms with Crippen LogP contribution in [0, 0.1) is 5.82 Å². The lowest BCUT2D eigenvalue weighted by Crippen LogP contribution is -2.31. The van der Waals surface area contributed by atoms with Gasteiger partial charge in [-0.05, 0) is 31.0 Å². The number of anilines is 1. The van der Waals surface area contributed by atoms with Gasteiger partial charge < -0.3 is 15.8 Å². The second kappa shape index (κ2) is 5.14. The van der Waals surface area contributed by atoms with Gasteiger partial charge in [-0.2, -0.15) is 0 Å². The van der Waals surface area contributed by atoms with E-state index in [1.54, 1.807) is 0 Å². The summed E-state index contributed by atoms with van der Waals surface area (Å²) in [5.74, 6) is -0.834. The van der Waals surface area contributed by atoms with E-state index in [0.717, 1.165) is 19.4 Å². The minimum Gasteiger partial charge on any atom is -0.399 e. The van der Waals surface area contributed by atoms with Gasteiger partial charge in [0.05, 0.1) is 6.10 Å². The molecule has 0 saturated carbocycles. The van der Waals surface area contributed by atoms with E-state index in [9.17, 15) is 9.18 Å². The van der Waals surface area contributed by atoms with Gasteiger partial charge in [0.1, 0.15) is 5.82 Å². The Hall–Kier alpha value is -1.62. The number of nitrogen functional groups attached to an aromatic ring is 1. The third-order valence-electron chi connectivity index (χ3n) is 2.70. The maximum absolute atomic E-state index is 13.0. The molecule has 1 atom stereocenters. The van der Waals surface area contributed by atoms with Crippen LogP contribution in [0.4, 0.5) is 10.1 Å². The molecule has 0 aromatic heterocycles. The maximum Gasteiger partial charge on any atom is 0.251 e. The first-order valence-corrected chi connectivity index (χ1v) is 5.61. The summed E-state index contributed by atoms with van der Waals surface area (Å²) in [5.41, 5.74) is 5.95. The number of hydrogen-bond acceptors (Lipinski definition) is 3. The van der Waals surface area contributed by atoms with Gasteiger partial charge in [-0.3, -0.25) is 4.79 Å². The minimum atomic E-state index is -0.507. The molecule has 5 heteroatoms. The van der Waals surface area contributed by atoms with Gasteiger partial charge in [-0.1, -0.05) is 0 Å². The zero-order valence-electron chi connectivity index (χ0n) is 9.41. The Morgan fingerprint density at radius 3 is 3.00 bits per heavy atom. The van der Waals surface area contributed by atoms with Crippen molar-refractivity contribution in [2.24, 2.45) is 0 Å². The maximum atomic E-state index is 13.0. The van der Waals surface area contributed by atoms with Crippen molar-refractivity contribution in [1.29, 1.82) is 0 Å². The van der Waals surface area contributed by atoms with Gasteiger partial charge in [-0.15, -0.1) is 0 Å². The first-order chi connectivity index (χ1) is 8.15. The number of halogens is 1. The molecule has 0 radical (unpaired) electrons. The smallest absolute Gasteiger partial charge is 0.251 e. The molecule has 92 valence electrons. The van der Waals surface area contributed by atoms with Crippen molar-refractivity contribution in [2.75, 3.05) is 18.9 Å². The summed E-state index contributed by atoms with van der Waals surface area (Å²) in [5, 5.41) is 2.71. The van der Waals surface area contributed by atoms with Crippen molar-refractivity contribution in [1.82, 2.24) is 5.32 Å². The Labute approximate surface area is 98.9 Å². The van der Waals surface area contributed by atoms with Gasteiger partial charge >= 0.3 is 0 Å². The predicted octanol–water partition coefficient (Wildman–Crippen LogP) is 1.32. The van der Waals surface area contributed by atoms with Crippen LogP contribution in [0.5, 0.6) is 0 Å². The summed E-state index contributed by atoms with van der Waals surface area (Å²) >= 11 is 0. The molecule has 1 fully saturated rings. The monoisotopic (exact) mass is 238 g/mol. The molecule has 1 heterocycles. The van der Waals surface area contributed by atoms with Crippen LogP contribution in [-0.2, 0) is 4.74 Å². The Kier molecular flexibility index (Phi) is 3.58. The van der Waals surface area contributed by atoms with Crippen LogP contribution >= 0.6 is 0 Å². The zero-order chi connectivity index (χ0) is 12.3. The summed E-state index contributed by atoms with van der Waals surface area (Å²) in [6.45, 7) is 1.20. The van der Waals surface area contributed by atoms with Crippen molar-refractivity contribution in [2.45, 2.75) is 18.9 Å². The van der Waals surface area contributed by atoms with Gasteiger partial charge in [-0.25, -0.2) is 4.39 Å². The third kappa shape index (κ3) is 3.17. The minimum absolute atomic E-state index is 0.0739. The van der Waals surface area contributed by atoms with Crippen LogP contribution in [0.25, 0.3) is 0 Å². The number of hydrogen-bond donors (Lipinski definition) is 2. The molecule has 1 aliphatic rings. The summed E-state index contributed by atoms with van der Waals surface area (Å²) in [6.07, 6.45) is 2.05. The normalized spacial score (nSPS) is 19.2. The van der Waals surface area contributed by atoms with E-state index >= 15 is 0 Å². The lowest BCUT2D eigenvalue weighted by atomic mass is 10.1. The van der Waals surface area contributed by atoms with Crippen LogP contribution < -0.4 is 11.1 Å². The van der Waals surface area contributed by atoms with Crippen LogP contribution in [-0.4, -0.2) is 25.2 Å². The number of carbonyl (C=O) groups is 1. The fourth-order valence-electron chi connectivity index (χ4n) is 1.86. The van der Waals surface area contributed by atoms with Gasteiger partial charge in [0.25, 0.3) is 5.91 Å². The second-order valence-electron chi connectivity index (χ2n) is 4.12. The van der Waals surface area contributed by atoms with E-state index in [2.05, 4.69) is 5.32 Å². The first-order valence-electron chi connectivity index (χ1n) is 5.61. The van der Waals surface area contributed by atoms with Crippen LogP contribution in [0.3, 0.4) is 0 Å². The van der Waals surface area contributed by atoms with Crippen LogP contribution in [0.15, 0.2) is 18.2 Å². The van der Waals surface area contributed by atoms with Crippen LogP contribution in [0.2, 0.25) is 0 Å². The number of rotatable bonds is 3. The lowest BCUT2D eigenvalue weighted by molar-refractivity contribution is 0.0857. The average molecular weight is 238 g/mol. The third-order valence-corrected chi connectivity index (χ3v) is 2.70. The molecule has 2 rings (SSSR count). The molecule has 1 saturated heterocycles. The SMILES string of the molecule is Nc1cc(F)cc(C(=O)NCC2CCCO2)c1. The largest absolute Gasteiger partial charge is 0.399 e. The highest BCUT2D eigenvalue weighted by molar-refractivity contribution is 5.95. The molecular weight excluding hydrogens is 223 g/mol. The van der Waals surface area contributed by atoms with Crippen molar-refractivity contribution in [3.8, 4) is 0 Å². The molecule has 1 unspecified atom stereocenters. The fourth-order valence-corrected chi connectivity index (χ4v) is 1.86. The zero-order valence-corrected chi connectivity index (χ0v) is 9.41. The summed E-state index contributed by atoms with van der Waals surface area (Å²) in [7, 11) is 0. The van der Waals surface area contributed by atoms with E-state index in [-0.39, 0.29) is 23.3 Å².